The van der Waals surface area contributed by atoms with Gasteiger partial charge in [0.2, 0.25) is 10.0 Å². The second-order valence-corrected chi connectivity index (χ2v) is 7.61. The number of aromatic nitrogens is 1. The number of aromatic amines is 1. The maximum absolute atomic E-state index is 12.6. The Labute approximate surface area is 116 Å². The SMILES string of the molecule is CC(C)CN(CC(C)C)S(=O)(=O)c1c[nH]c(CN)c1. The number of nitrogens with two attached hydrogens (primary N) is 1. The van der Waals surface area contributed by atoms with E-state index in [1.807, 2.05) is 27.7 Å². The Morgan fingerprint density at radius 2 is 1.74 bits per heavy atom. The lowest BCUT2D eigenvalue weighted by Crippen LogP contribution is -2.36. The van der Waals surface area contributed by atoms with Crippen molar-refractivity contribution in [3.05, 3.63) is 18.0 Å². The molecule has 6 heteroatoms. The van der Waals surface area contributed by atoms with Crippen LogP contribution in [0.5, 0.6) is 0 Å². The van der Waals surface area contributed by atoms with E-state index in [0.717, 1.165) is 5.69 Å². The van der Waals surface area contributed by atoms with Crippen molar-refractivity contribution in [1.29, 1.82) is 0 Å². The summed E-state index contributed by atoms with van der Waals surface area (Å²) >= 11 is 0. The van der Waals surface area contributed by atoms with Gasteiger partial charge >= 0.3 is 0 Å². The summed E-state index contributed by atoms with van der Waals surface area (Å²) in [6, 6.07) is 1.61. The van der Waals surface area contributed by atoms with E-state index in [1.54, 1.807) is 10.4 Å². The Bertz CT molecular complexity index is 482. The number of rotatable bonds is 7. The first kappa shape index (κ1) is 16.2. The van der Waals surface area contributed by atoms with E-state index in [2.05, 4.69) is 4.98 Å². The predicted octanol–water partition coefficient (Wildman–Crippen LogP) is 1.78. The topological polar surface area (TPSA) is 79.2 Å². The van der Waals surface area contributed by atoms with Crippen LogP contribution in [0, 0.1) is 11.8 Å². The fraction of sp³-hybridized carbons (Fsp3) is 0.692. The summed E-state index contributed by atoms with van der Waals surface area (Å²) < 4.78 is 26.8. The van der Waals surface area contributed by atoms with Crippen LogP contribution in [-0.2, 0) is 16.6 Å². The van der Waals surface area contributed by atoms with Crippen molar-refractivity contribution in [2.45, 2.75) is 39.1 Å². The van der Waals surface area contributed by atoms with Crippen molar-refractivity contribution < 1.29 is 8.42 Å². The molecular weight excluding hydrogens is 262 g/mol. The predicted molar refractivity (Wildman–Crippen MR) is 77.1 cm³/mol. The molecule has 1 aromatic heterocycles. The number of sulfonamides is 1. The Balaban J connectivity index is 3.03. The van der Waals surface area contributed by atoms with Crippen molar-refractivity contribution >= 4 is 10.0 Å². The average molecular weight is 287 g/mol. The monoisotopic (exact) mass is 287 g/mol. The molecule has 0 aliphatic heterocycles. The van der Waals surface area contributed by atoms with Gasteiger partial charge in [0.25, 0.3) is 0 Å². The minimum absolute atomic E-state index is 0.293. The van der Waals surface area contributed by atoms with Gasteiger partial charge in [0.15, 0.2) is 0 Å². The van der Waals surface area contributed by atoms with Gasteiger partial charge in [-0.05, 0) is 17.9 Å². The zero-order valence-electron chi connectivity index (χ0n) is 12.2. The molecule has 0 fully saturated rings. The number of hydrogen-bond acceptors (Lipinski definition) is 3. The summed E-state index contributed by atoms with van der Waals surface area (Å²) in [4.78, 5) is 3.19. The fourth-order valence-corrected chi connectivity index (χ4v) is 3.71. The van der Waals surface area contributed by atoms with Gasteiger partial charge in [0, 0.05) is 31.5 Å². The minimum atomic E-state index is -3.43. The molecule has 5 nitrogen and oxygen atoms in total. The highest BCUT2D eigenvalue weighted by atomic mass is 32.2. The van der Waals surface area contributed by atoms with Crippen LogP contribution in [0.25, 0.3) is 0 Å². The molecule has 0 aliphatic carbocycles. The third-order valence-corrected chi connectivity index (χ3v) is 4.52. The lowest BCUT2D eigenvalue weighted by Gasteiger charge is -2.25. The largest absolute Gasteiger partial charge is 0.363 e. The maximum atomic E-state index is 12.6. The van der Waals surface area contributed by atoms with Crippen LogP contribution in [0.4, 0.5) is 0 Å². The molecule has 3 N–H and O–H groups in total. The van der Waals surface area contributed by atoms with Crippen LogP contribution in [0.1, 0.15) is 33.4 Å². The second-order valence-electron chi connectivity index (χ2n) is 5.67. The minimum Gasteiger partial charge on any atom is -0.363 e. The zero-order valence-corrected chi connectivity index (χ0v) is 13.0. The van der Waals surface area contributed by atoms with Crippen LogP contribution in [0.2, 0.25) is 0 Å². The molecule has 1 aromatic rings. The molecule has 0 spiro atoms. The van der Waals surface area contributed by atoms with Crippen molar-refractivity contribution in [3.63, 3.8) is 0 Å². The summed E-state index contributed by atoms with van der Waals surface area (Å²) in [7, 11) is -3.43. The molecule has 19 heavy (non-hydrogen) atoms. The number of nitrogens with zero attached hydrogens (tertiary/aromatic N) is 1. The molecule has 1 heterocycles. The Morgan fingerprint density at radius 3 is 2.11 bits per heavy atom. The van der Waals surface area contributed by atoms with Crippen molar-refractivity contribution in [3.8, 4) is 0 Å². The van der Waals surface area contributed by atoms with Gasteiger partial charge in [-0.3, -0.25) is 0 Å². The highest BCUT2D eigenvalue weighted by Crippen LogP contribution is 2.19. The van der Waals surface area contributed by atoms with Crippen LogP contribution < -0.4 is 5.73 Å². The Hall–Kier alpha value is -0.850. The highest BCUT2D eigenvalue weighted by molar-refractivity contribution is 7.89. The molecule has 0 aromatic carbocycles. The molecule has 0 atom stereocenters. The summed E-state index contributed by atoms with van der Waals surface area (Å²) in [5, 5.41) is 0. The van der Waals surface area contributed by atoms with Crippen LogP contribution in [0.15, 0.2) is 17.2 Å². The molecule has 0 saturated carbocycles. The van der Waals surface area contributed by atoms with E-state index in [4.69, 9.17) is 5.73 Å². The van der Waals surface area contributed by atoms with Gasteiger partial charge in [0.1, 0.15) is 0 Å². The molecule has 0 radical (unpaired) electrons. The molecule has 110 valence electrons. The normalized spacial score (nSPS) is 12.8. The van der Waals surface area contributed by atoms with E-state index in [9.17, 15) is 8.42 Å². The van der Waals surface area contributed by atoms with Gasteiger partial charge in [-0.25, -0.2) is 8.42 Å². The third kappa shape index (κ3) is 4.33. The molecule has 0 amide bonds. The van der Waals surface area contributed by atoms with Gasteiger partial charge in [-0.15, -0.1) is 0 Å². The summed E-state index contributed by atoms with van der Waals surface area (Å²) in [5.74, 6) is 0.586. The van der Waals surface area contributed by atoms with Crippen LogP contribution in [-0.4, -0.2) is 30.8 Å². The van der Waals surface area contributed by atoms with E-state index < -0.39 is 10.0 Å². The number of hydrogen-bond donors (Lipinski definition) is 2. The lowest BCUT2D eigenvalue weighted by molar-refractivity contribution is 0.333. The third-order valence-electron chi connectivity index (χ3n) is 2.71. The lowest BCUT2D eigenvalue weighted by atomic mass is 10.2. The maximum Gasteiger partial charge on any atom is 0.244 e. The zero-order chi connectivity index (χ0) is 14.6. The van der Waals surface area contributed by atoms with Crippen molar-refractivity contribution in [1.82, 2.24) is 9.29 Å². The molecular formula is C13H25N3O2S. The van der Waals surface area contributed by atoms with Crippen molar-refractivity contribution in [2.75, 3.05) is 13.1 Å². The number of H-pyrrole nitrogens is 1. The van der Waals surface area contributed by atoms with Gasteiger partial charge in [-0.2, -0.15) is 4.31 Å². The first-order chi connectivity index (χ1) is 8.77. The second kappa shape index (κ2) is 6.54. The number of nitrogens with one attached hydrogen (secondary N) is 1. The van der Waals surface area contributed by atoms with E-state index in [-0.39, 0.29) is 0 Å². The first-order valence-electron chi connectivity index (χ1n) is 6.64. The smallest absolute Gasteiger partial charge is 0.244 e. The van der Waals surface area contributed by atoms with Crippen molar-refractivity contribution in [2.24, 2.45) is 17.6 Å². The Kier molecular flexibility index (Phi) is 5.58. The Morgan fingerprint density at radius 1 is 1.21 bits per heavy atom. The van der Waals surface area contributed by atoms with E-state index >= 15 is 0 Å². The molecule has 0 unspecified atom stereocenters. The molecule has 0 aliphatic rings. The first-order valence-corrected chi connectivity index (χ1v) is 8.08. The van der Waals surface area contributed by atoms with Crippen LogP contribution >= 0.6 is 0 Å². The van der Waals surface area contributed by atoms with Gasteiger partial charge in [0.05, 0.1) is 4.90 Å². The van der Waals surface area contributed by atoms with Gasteiger partial charge in [-0.1, -0.05) is 27.7 Å². The summed E-state index contributed by atoms with van der Waals surface area (Å²) in [6.07, 6.45) is 1.52. The van der Waals surface area contributed by atoms with Crippen LogP contribution in [0.3, 0.4) is 0 Å². The fourth-order valence-electron chi connectivity index (χ4n) is 1.92. The summed E-state index contributed by atoms with van der Waals surface area (Å²) in [5.41, 5.74) is 6.23. The van der Waals surface area contributed by atoms with E-state index in [0.29, 0.717) is 36.4 Å². The van der Waals surface area contributed by atoms with E-state index in [1.165, 1.54) is 6.20 Å². The average Bonchev–Trinajstić information content (AvgIpc) is 2.75. The molecule has 0 saturated heterocycles. The standard InChI is InChI=1S/C13H25N3O2S/c1-10(2)8-16(9-11(3)4)19(17,18)13-5-12(6-14)15-7-13/h5,7,10-11,15H,6,8-9,14H2,1-4H3. The highest BCUT2D eigenvalue weighted by Gasteiger charge is 2.26. The summed E-state index contributed by atoms with van der Waals surface area (Å²) in [6.45, 7) is 9.45. The molecule has 1 rings (SSSR count). The molecule has 0 bridgehead atoms. The quantitative estimate of drug-likeness (QED) is 0.802. The van der Waals surface area contributed by atoms with Gasteiger partial charge < -0.3 is 10.7 Å².